The predicted molar refractivity (Wildman–Crippen MR) is 73.7 cm³/mol. The highest BCUT2D eigenvalue weighted by Crippen LogP contribution is 2.09. The number of amides is 2. The van der Waals surface area contributed by atoms with Crippen molar-refractivity contribution in [3.05, 3.63) is 52.3 Å². The smallest absolute Gasteiger partial charge is 0.320 e. The number of carbonyl (C=O) groups is 1. The molecule has 0 saturated heterocycles. The summed E-state index contributed by atoms with van der Waals surface area (Å²) in [6.45, 7) is 0.444. The molecule has 2 aromatic rings. The Morgan fingerprint density at radius 1 is 1.20 bits per heavy atom. The van der Waals surface area contributed by atoms with Crippen molar-refractivity contribution in [3.63, 3.8) is 0 Å². The van der Waals surface area contributed by atoms with Crippen molar-refractivity contribution in [3.8, 4) is 5.75 Å². The number of H-pyrrole nitrogens is 1. The van der Waals surface area contributed by atoms with Crippen molar-refractivity contribution in [2.45, 2.75) is 6.42 Å². The van der Waals surface area contributed by atoms with Gasteiger partial charge in [0.05, 0.1) is 0 Å². The Balaban J connectivity index is 1.76. The van der Waals surface area contributed by atoms with E-state index in [1.165, 1.54) is 12.1 Å². The lowest BCUT2D eigenvalue weighted by molar-refractivity contribution is 0.252. The SMILES string of the molecule is O=C(NCCc1ccc(O)cc1)Nc1ccc(=O)[nH]n1. The van der Waals surface area contributed by atoms with Gasteiger partial charge in [-0.05, 0) is 30.2 Å². The standard InChI is InChI=1S/C13H14N4O3/c18-10-3-1-9(2-4-10)7-8-14-13(20)15-11-5-6-12(19)17-16-11/h1-6,18H,7-8H2,(H,17,19)(H2,14,15,16,20). The molecule has 0 aliphatic carbocycles. The van der Waals surface area contributed by atoms with Crippen LogP contribution >= 0.6 is 0 Å². The van der Waals surface area contributed by atoms with Crippen molar-refractivity contribution in [1.82, 2.24) is 15.5 Å². The summed E-state index contributed by atoms with van der Waals surface area (Å²) in [5, 5.41) is 20.2. The maximum absolute atomic E-state index is 11.5. The van der Waals surface area contributed by atoms with E-state index in [4.69, 9.17) is 5.11 Å². The van der Waals surface area contributed by atoms with Gasteiger partial charge in [-0.25, -0.2) is 9.89 Å². The summed E-state index contributed by atoms with van der Waals surface area (Å²) < 4.78 is 0. The Bertz CT molecular complexity index is 616. The first kappa shape index (κ1) is 13.6. The third-order valence-electron chi connectivity index (χ3n) is 2.56. The zero-order valence-corrected chi connectivity index (χ0v) is 10.6. The number of carbonyl (C=O) groups excluding carboxylic acids is 1. The van der Waals surface area contributed by atoms with Crippen LogP contribution in [0, 0.1) is 0 Å². The van der Waals surface area contributed by atoms with Crippen molar-refractivity contribution in [2.75, 3.05) is 11.9 Å². The average Bonchev–Trinajstić information content (AvgIpc) is 2.44. The molecule has 1 aromatic carbocycles. The molecule has 104 valence electrons. The van der Waals surface area contributed by atoms with Crippen molar-refractivity contribution in [2.24, 2.45) is 0 Å². The Hall–Kier alpha value is -2.83. The molecular formula is C13H14N4O3. The lowest BCUT2D eigenvalue weighted by Crippen LogP contribution is -2.31. The van der Waals surface area contributed by atoms with Crippen LogP contribution in [0.4, 0.5) is 10.6 Å². The number of nitrogens with one attached hydrogen (secondary N) is 3. The second kappa shape index (κ2) is 6.37. The second-order valence-electron chi connectivity index (χ2n) is 4.10. The number of nitrogens with zero attached hydrogens (tertiary/aromatic N) is 1. The van der Waals surface area contributed by atoms with Crippen LogP contribution in [0.15, 0.2) is 41.2 Å². The number of aromatic hydroxyl groups is 1. The van der Waals surface area contributed by atoms with E-state index in [1.807, 2.05) is 0 Å². The minimum Gasteiger partial charge on any atom is -0.508 e. The van der Waals surface area contributed by atoms with Gasteiger partial charge in [0, 0.05) is 12.6 Å². The monoisotopic (exact) mass is 274 g/mol. The fourth-order valence-electron chi connectivity index (χ4n) is 1.56. The number of aromatic nitrogens is 2. The summed E-state index contributed by atoms with van der Waals surface area (Å²) in [5.74, 6) is 0.482. The molecule has 0 aliphatic rings. The molecule has 0 fully saturated rings. The second-order valence-corrected chi connectivity index (χ2v) is 4.10. The molecule has 2 rings (SSSR count). The lowest BCUT2D eigenvalue weighted by Gasteiger charge is -2.06. The quantitative estimate of drug-likeness (QED) is 0.662. The predicted octanol–water partition coefficient (Wildman–Crippen LogP) is 0.840. The molecule has 4 N–H and O–H groups in total. The molecule has 0 spiro atoms. The number of benzene rings is 1. The number of urea groups is 1. The van der Waals surface area contributed by atoms with E-state index in [-0.39, 0.29) is 17.1 Å². The summed E-state index contributed by atoms with van der Waals surface area (Å²) in [7, 11) is 0. The van der Waals surface area contributed by atoms with Crippen LogP contribution in [-0.4, -0.2) is 27.9 Å². The van der Waals surface area contributed by atoms with Crippen LogP contribution in [0.25, 0.3) is 0 Å². The van der Waals surface area contributed by atoms with Gasteiger partial charge in [0.15, 0.2) is 5.82 Å². The number of rotatable bonds is 4. The Morgan fingerprint density at radius 3 is 2.60 bits per heavy atom. The van der Waals surface area contributed by atoms with Gasteiger partial charge in [0.25, 0.3) is 5.56 Å². The molecule has 0 unspecified atom stereocenters. The summed E-state index contributed by atoms with van der Waals surface area (Å²) >= 11 is 0. The molecule has 7 heteroatoms. The zero-order valence-electron chi connectivity index (χ0n) is 10.6. The highest BCUT2D eigenvalue weighted by atomic mass is 16.3. The third kappa shape index (κ3) is 4.13. The summed E-state index contributed by atoms with van der Waals surface area (Å²) in [5.41, 5.74) is 0.675. The minimum absolute atomic E-state index is 0.212. The van der Waals surface area contributed by atoms with Crippen LogP contribution in [0.3, 0.4) is 0 Å². The van der Waals surface area contributed by atoms with Gasteiger partial charge in [-0.15, -0.1) is 0 Å². The molecule has 20 heavy (non-hydrogen) atoms. The van der Waals surface area contributed by atoms with Gasteiger partial charge in [0.1, 0.15) is 5.75 Å². The third-order valence-corrected chi connectivity index (χ3v) is 2.56. The van der Waals surface area contributed by atoms with Crippen molar-refractivity contribution < 1.29 is 9.90 Å². The van der Waals surface area contributed by atoms with Crippen LogP contribution < -0.4 is 16.2 Å². The van der Waals surface area contributed by atoms with E-state index in [0.717, 1.165) is 5.56 Å². The van der Waals surface area contributed by atoms with Gasteiger partial charge >= 0.3 is 6.03 Å². The van der Waals surface area contributed by atoms with E-state index in [1.54, 1.807) is 24.3 Å². The average molecular weight is 274 g/mol. The molecule has 7 nitrogen and oxygen atoms in total. The van der Waals surface area contributed by atoms with Gasteiger partial charge in [-0.2, -0.15) is 5.10 Å². The van der Waals surface area contributed by atoms with E-state index in [0.29, 0.717) is 13.0 Å². The Morgan fingerprint density at radius 2 is 1.95 bits per heavy atom. The number of anilines is 1. The van der Waals surface area contributed by atoms with Crippen LogP contribution in [0.5, 0.6) is 5.75 Å². The fourth-order valence-corrected chi connectivity index (χ4v) is 1.56. The molecule has 0 atom stereocenters. The first-order chi connectivity index (χ1) is 9.63. The Kier molecular flexibility index (Phi) is 4.33. The first-order valence-electron chi connectivity index (χ1n) is 6.02. The number of phenolic OH excluding ortho intramolecular Hbond substituents is 1. The van der Waals surface area contributed by atoms with E-state index in [9.17, 15) is 9.59 Å². The highest BCUT2D eigenvalue weighted by Gasteiger charge is 2.02. The fraction of sp³-hybridized carbons (Fsp3) is 0.154. The first-order valence-corrected chi connectivity index (χ1v) is 6.02. The lowest BCUT2D eigenvalue weighted by atomic mass is 10.1. The van der Waals surface area contributed by atoms with Gasteiger partial charge < -0.3 is 10.4 Å². The summed E-state index contributed by atoms with van der Waals surface area (Å²) in [6.07, 6.45) is 0.646. The normalized spacial score (nSPS) is 10.0. The zero-order chi connectivity index (χ0) is 14.4. The van der Waals surface area contributed by atoms with Crippen molar-refractivity contribution >= 4 is 11.8 Å². The number of hydrogen-bond acceptors (Lipinski definition) is 4. The molecule has 0 radical (unpaired) electrons. The largest absolute Gasteiger partial charge is 0.508 e. The van der Waals surface area contributed by atoms with E-state index >= 15 is 0 Å². The van der Waals surface area contributed by atoms with Crippen LogP contribution in [0.1, 0.15) is 5.56 Å². The van der Waals surface area contributed by atoms with Gasteiger partial charge in [-0.3, -0.25) is 10.1 Å². The van der Waals surface area contributed by atoms with Crippen LogP contribution in [0.2, 0.25) is 0 Å². The molecule has 1 heterocycles. The molecule has 0 aliphatic heterocycles. The highest BCUT2D eigenvalue weighted by molar-refractivity contribution is 5.87. The molecule has 2 amide bonds. The maximum Gasteiger partial charge on any atom is 0.320 e. The van der Waals surface area contributed by atoms with Gasteiger partial charge in [0.2, 0.25) is 0 Å². The minimum atomic E-state index is -0.400. The van der Waals surface area contributed by atoms with Crippen LogP contribution in [-0.2, 0) is 6.42 Å². The van der Waals surface area contributed by atoms with Gasteiger partial charge in [-0.1, -0.05) is 12.1 Å². The number of phenols is 1. The van der Waals surface area contributed by atoms with E-state index < -0.39 is 6.03 Å². The number of aromatic amines is 1. The Labute approximate surface area is 114 Å². The summed E-state index contributed by atoms with van der Waals surface area (Å²) in [4.78, 5) is 22.3. The molecule has 0 saturated carbocycles. The molecular weight excluding hydrogens is 260 g/mol. The summed E-state index contributed by atoms with van der Waals surface area (Å²) in [6, 6.07) is 9.07. The number of hydrogen-bond donors (Lipinski definition) is 4. The van der Waals surface area contributed by atoms with E-state index in [2.05, 4.69) is 20.8 Å². The topological polar surface area (TPSA) is 107 Å². The molecule has 0 bridgehead atoms. The molecule has 1 aromatic heterocycles. The van der Waals surface area contributed by atoms with Crippen molar-refractivity contribution in [1.29, 1.82) is 0 Å². The maximum atomic E-state index is 11.5.